The number of esters is 1. The molecule has 6 nitrogen and oxygen atoms in total. The lowest BCUT2D eigenvalue weighted by molar-refractivity contribution is -0.329. The molecule has 18 heavy (non-hydrogen) atoms. The van der Waals surface area contributed by atoms with E-state index in [-0.39, 0.29) is 12.0 Å². The van der Waals surface area contributed by atoms with E-state index < -0.39 is 18.0 Å². The molecule has 0 aromatic heterocycles. The van der Waals surface area contributed by atoms with Crippen molar-refractivity contribution in [3.8, 4) is 0 Å². The Bertz CT molecular complexity index is 417. The monoisotopic (exact) mass is 256 g/mol. The van der Waals surface area contributed by atoms with E-state index in [9.17, 15) is 9.90 Å². The summed E-state index contributed by atoms with van der Waals surface area (Å²) in [6.07, 6.45) is -0.681. The molecule has 3 aliphatic rings. The quantitative estimate of drug-likeness (QED) is 0.716. The Balaban J connectivity index is 1.97. The third kappa shape index (κ3) is 1.56. The highest BCUT2D eigenvalue weighted by molar-refractivity contribution is 5.90. The van der Waals surface area contributed by atoms with Gasteiger partial charge < -0.3 is 24.1 Å². The SMILES string of the molecule is CCOC(=O)C1=C(C)O[C@]2(O)C[C@H]1[C@@H]1CO[C@@H]2O1. The van der Waals surface area contributed by atoms with Crippen LogP contribution in [0.4, 0.5) is 0 Å². The molecule has 3 aliphatic heterocycles. The van der Waals surface area contributed by atoms with Crippen LogP contribution in [-0.2, 0) is 23.7 Å². The Labute approximate surface area is 104 Å². The maximum Gasteiger partial charge on any atom is 0.337 e. The molecule has 4 bridgehead atoms. The Kier molecular flexibility index (Phi) is 2.62. The summed E-state index contributed by atoms with van der Waals surface area (Å²) in [6, 6.07) is 0. The second-order valence-corrected chi connectivity index (χ2v) is 4.79. The molecule has 0 radical (unpaired) electrons. The van der Waals surface area contributed by atoms with Crippen LogP contribution in [0.2, 0.25) is 0 Å². The average molecular weight is 256 g/mol. The summed E-state index contributed by atoms with van der Waals surface area (Å²) in [4.78, 5) is 11.9. The zero-order chi connectivity index (χ0) is 12.9. The van der Waals surface area contributed by atoms with E-state index in [1.807, 2.05) is 0 Å². The third-order valence-corrected chi connectivity index (χ3v) is 3.61. The van der Waals surface area contributed by atoms with E-state index in [0.29, 0.717) is 31.0 Å². The second kappa shape index (κ2) is 3.94. The van der Waals surface area contributed by atoms with Gasteiger partial charge in [-0.15, -0.1) is 0 Å². The molecule has 4 atom stereocenters. The number of aliphatic hydroxyl groups is 1. The van der Waals surface area contributed by atoms with Gasteiger partial charge in [-0.2, -0.15) is 0 Å². The van der Waals surface area contributed by atoms with Crippen molar-refractivity contribution < 1.29 is 28.8 Å². The molecule has 0 aromatic carbocycles. The first-order valence-corrected chi connectivity index (χ1v) is 6.11. The van der Waals surface area contributed by atoms with Crippen molar-refractivity contribution in [1.82, 2.24) is 0 Å². The van der Waals surface area contributed by atoms with Gasteiger partial charge in [-0.25, -0.2) is 4.79 Å². The molecule has 3 rings (SSSR count). The van der Waals surface area contributed by atoms with E-state index in [2.05, 4.69) is 0 Å². The highest BCUT2D eigenvalue weighted by Gasteiger charge is 2.59. The van der Waals surface area contributed by atoms with Gasteiger partial charge in [0.1, 0.15) is 5.76 Å². The summed E-state index contributed by atoms with van der Waals surface area (Å²) < 4.78 is 21.4. The maximum absolute atomic E-state index is 11.9. The number of hydrogen-bond acceptors (Lipinski definition) is 6. The first-order chi connectivity index (χ1) is 8.55. The predicted molar refractivity (Wildman–Crippen MR) is 58.1 cm³/mol. The molecule has 2 saturated heterocycles. The van der Waals surface area contributed by atoms with Gasteiger partial charge in [-0.1, -0.05) is 0 Å². The van der Waals surface area contributed by atoms with Crippen LogP contribution < -0.4 is 0 Å². The first-order valence-electron chi connectivity index (χ1n) is 6.11. The summed E-state index contributed by atoms with van der Waals surface area (Å²) in [7, 11) is 0. The van der Waals surface area contributed by atoms with Gasteiger partial charge in [-0.05, 0) is 13.8 Å². The zero-order valence-electron chi connectivity index (χ0n) is 10.3. The topological polar surface area (TPSA) is 74.2 Å². The molecule has 2 fully saturated rings. The lowest BCUT2D eigenvalue weighted by atomic mass is 9.82. The van der Waals surface area contributed by atoms with Crippen LogP contribution in [-0.4, -0.2) is 42.5 Å². The highest BCUT2D eigenvalue weighted by atomic mass is 16.8. The summed E-state index contributed by atoms with van der Waals surface area (Å²) in [5, 5.41) is 10.3. The minimum absolute atomic E-state index is 0.214. The zero-order valence-corrected chi connectivity index (χ0v) is 10.3. The van der Waals surface area contributed by atoms with E-state index in [4.69, 9.17) is 18.9 Å². The molecule has 0 unspecified atom stereocenters. The summed E-state index contributed by atoms with van der Waals surface area (Å²) >= 11 is 0. The Morgan fingerprint density at radius 2 is 2.39 bits per heavy atom. The van der Waals surface area contributed by atoms with Crippen molar-refractivity contribution >= 4 is 5.97 Å². The molecule has 6 heteroatoms. The van der Waals surface area contributed by atoms with Gasteiger partial charge in [-0.3, -0.25) is 0 Å². The summed E-state index contributed by atoms with van der Waals surface area (Å²) in [6.45, 7) is 4.07. The summed E-state index contributed by atoms with van der Waals surface area (Å²) in [5.41, 5.74) is 0.454. The maximum atomic E-state index is 11.9. The van der Waals surface area contributed by atoms with Crippen molar-refractivity contribution in [2.45, 2.75) is 38.4 Å². The lowest BCUT2D eigenvalue weighted by Crippen LogP contribution is -2.55. The van der Waals surface area contributed by atoms with Crippen LogP contribution in [0.1, 0.15) is 20.3 Å². The van der Waals surface area contributed by atoms with Gasteiger partial charge in [0.05, 0.1) is 24.9 Å². The van der Waals surface area contributed by atoms with Crippen LogP contribution in [0.15, 0.2) is 11.3 Å². The molecule has 0 amide bonds. The van der Waals surface area contributed by atoms with Gasteiger partial charge in [0.15, 0.2) is 0 Å². The van der Waals surface area contributed by atoms with E-state index in [0.717, 1.165) is 0 Å². The van der Waals surface area contributed by atoms with E-state index in [1.54, 1.807) is 13.8 Å². The molecule has 3 heterocycles. The molecule has 0 saturated carbocycles. The van der Waals surface area contributed by atoms with Crippen LogP contribution in [0.5, 0.6) is 0 Å². The number of carbonyl (C=O) groups excluding carboxylic acids is 1. The number of fused-ring (bicyclic) bond motifs is 6. The molecule has 0 spiro atoms. The molecule has 0 aliphatic carbocycles. The van der Waals surface area contributed by atoms with Gasteiger partial charge >= 0.3 is 5.97 Å². The van der Waals surface area contributed by atoms with Gasteiger partial charge in [0.25, 0.3) is 5.79 Å². The van der Waals surface area contributed by atoms with Gasteiger partial charge in [0, 0.05) is 12.3 Å². The number of allylic oxidation sites excluding steroid dienone is 1. The molecular formula is C12H16O6. The first kappa shape index (κ1) is 12.0. The summed E-state index contributed by atoms with van der Waals surface area (Å²) in [5.74, 6) is -1.73. The van der Waals surface area contributed by atoms with Crippen molar-refractivity contribution in [3.05, 3.63) is 11.3 Å². The largest absolute Gasteiger partial charge is 0.463 e. The van der Waals surface area contributed by atoms with Gasteiger partial charge in [0.2, 0.25) is 6.29 Å². The molecule has 100 valence electrons. The van der Waals surface area contributed by atoms with Crippen molar-refractivity contribution in [2.24, 2.45) is 5.92 Å². The highest BCUT2D eigenvalue weighted by Crippen LogP contribution is 2.47. The van der Waals surface area contributed by atoms with Crippen molar-refractivity contribution in [2.75, 3.05) is 13.2 Å². The van der Waals surface area contributed by atoms with Crippen LogP contribution >= 0.6 is 0 Å². The van der Waals surface area contributed by atoms with E-state index in [1.165, 1.54) is 0 Å². The molecule has 0 aromatic rings. The van der Waals surface area contributed by atoms with Crippen LogP contribution in [0, 0.1) is 5.92 Å². The fourth-order valence-corrected chi connectivity index (χ4v) is 2.87. The lowest BCUT2D eigenvalue weighted by Gasteiger charge is -2.44. The standard InChI is InChI=1S/C12H16O6/c1-3-15-10(13)9-6(2)18-12(14)4-7(9)8-5-16-11(12)17-8/h7-8,11,14H,3-5H2,1-2H3/t7-,8-,11+,12+/m0/s1. The molecule has 1 N–H and O–H groups in total. The Hall–Kier alpha value is -1.11. The average Bonchev–Trinajstić information content (AvgIpc) is 2.73. The fourth-order valence-electron chi connectivity index (χ4n) is 2.87. The molecular weight excluding hydrogens is 240 g/mol. The van der Waals surface area contributed by atoms with Crippen LogP contribution in [0.3, 0.4) is 0 Å². The Morgan fingerprint density at radius 3 is 3.11 bits per heavy atom. The number of carbonyl (C=O) groups is 1. The van der Waals surface area contributed by atoms with Crippen molar-refractivity contribution in [3.63, 3.8) is 0 Å². The third-order valence-electron chi connectivity index (χ3n) is 3.61. The Morgan fingerprint density at radius 1 is 1.61 bits per heavy atom. The number of rotatable bonds is 2. The van der Waals surface area contributed by atoms with Crippen LogP contribution in [0.25, 0.3) is 0 Å². The minimum atomic E-state index is -1.49. The minimum Gasteiger partial charge on any atom is -0.463 e. The number of ether oxygens (including phenoxy) is 4. The normalized spacial score (nSPS) is 41.6. The predicted octanol–water partition coefficient (Wildman–Crippen LogP) is 0.304. The smallest absolute Gasteiger partial charge is 0.337 e. The fraction of sp³-hybridized carbons (Fsp3) is 0.750. The second-order valence-electron chi connectivity index (χ2n) is 4.79. The van der Waals surface area contributed by atoms with E-state index >= 15 is 0 Å². The number of hydrogen-bond donors (Lipinski definition) is 1. The van der Waals surface area contributed by atoms with Crippen molar-refractivity contribution in [1.29, 1.82) is 0 Å².